The van der Waals surface area contributed by atoms with E-state index in [-0.39, 0.29) is 24.8 Å². The molecule has 23 heavy (non-hydrogen) atoms. The molecule has 0 aliphatic carbocycles. The standard InChI is InChI=1S/C16H18N2O2S.2ClH/c1-2-15(21-9-1)16(18-7-5-17-6-8-18)12-3-4-13-14(10-12)20-11-19-13;;/h1-4,9-10,16-17H,5-8,11H2;2*1H/t16-;;/m0../s1. The topological polar surface area (TPSA) is 33.7 Å². The minimum absolute atomic E-state index is 0. The van der Waals surface area contributed by atoms with Crippen LogP contribution in [0.25, 0.3) is 0 Å². The zero-order chi connectivity index (χ0) is 14.1. The van der Waals surface area contributed by atoms with Crippen LogP contribution in [0.4, 0.5) is 0 Å². The van der Waals surface area contributed by atoms with Crippen LogP contribution in [0.5, 0.6) is 11.5 Å². The van der Waals surface area contributed by atoms with E-state index in [0.29, 0.717) is 12.8 Å². The van der Waals surface area contributed by atoms with E-state index in [1.165, 1.54) is 10.4 Å². The zero-order valence-electron chi connectivity index (χ0n) is 12.6. The van der Waals surface area contributed by atoms with Gasteiger partial charge in [0.2, 0.25) is 6.79 Å². The fraction of sp³-hybridized carbons (Fsp3) is 0.375. The first kappa shape index (κ1) is 18.4. The van der Waals surface area contributed by atoms with Crippen LogP contribution in [0.3, 0.4) is 0 Å². The highest BCUT2D eigenvalue weighted by Gasteiger charge is 2.26. The molecule has 0 amide bonds. The third-order valence-corrected chi connectivity index (χ3v) is 4.97. The van der Waals surface area contributed by atoms with E-state index in [0.717, 1.165) is 37.7 Å². The van der Waals surface area contributed by atoms with Gasteiger partial charge in [-0.1, -0.05) is 12.1 Å². The maximum absolute atomic E-state index is 5.54. The molecule has 0 bridgehead atoms. The van der Waals surface area contributed by atoms with Crippen LogP contribution in [0.1, 0.15) is 16.5 Å². The van der Waals surface area contributed by atoms with E-state index in [1.54, 1.807) is 0 Å². The number of fused-ring (bicyclic) bond motifs is 1. The van der Waals surface area contributed by atoms with Crippen LogP contribution in [0, 0.1) is 0 Å². The van der Waals surface area contributed by atoms with Gasteiger partial charge < -0.3 is 14.8 Å². The maximum atomic E-state index is 5.54. The second kappa shape index (κ2) is 8.22. The Bertz CT molecular complexity index is 619. The van der Waals surface area contributed by atoms with Crippen molar-refractivity contribution in [3.8, 4) is 11.5 Å². The van der Waals surface area contributed by atoms with E-state index in [2.05, 4.69) is 39.9 Å². The first-order valence-corrected chi connectivity index (χ1v) is 8.17. The van der Waals surface area contributed by atoms with Crippen molar-refractivity contribution in [3.63, 3.8) is 0 Å². The largest absolute Gasteiger partial charge is 0.454 e. The molecule has 4 nitrogen and oxygen atoms in total. The van der Waals surface area contributed by atoms with Crippen LogP contribution < -0.4 is 14.8 Å². The van der Waals surface area contributed by atoms with Gasteiger partial charge in [0.1, 0.15) is 0 Å². The van der Waals surface area contributed by atoms with Gasteiger partial charge in [0.15, 0.2) is 11.5 Å². The predicted molar refractivity (Wildman–Crippen MR) is 97.7 cm³/mol. The van der Waals surface area contributed by atoms with Crippen molar-refractivity contribution in [3.05, 3.63) is 46.2 Å². The molecule has 1 fully saturated rings. The Labute approximate surface area is 152 Å². The number of rotatable bonds is 3. The van der Waals surface area contributed by atoms with E-state index in [1.807, 2.05) is 17.4 Å². The normalized spacial score (nSPS) is 17.9. The Hall–Kier alpha value is -0.980. The monoisotopic (exact) mass is 374 g/mol. The first-order chi connectivity index (χ1) is 10.4. The van der Waals surface area contributed by atoms with Crippen LogP contribution in [0.2, 0.25) is 0 Å². The van der Waals surface area contributed by atoms with Gasteiger partial charge in [0.05, 0.1) is 6.04 Å². The van der Waals surface area contributed by atoms with Gasteiger partial charge in [-0.25, -0.2) is 0 Å². The molecule has 0 radical (unpaired) electrons. The molecule has 3 heterocycles. The molecule has 2 aliphatic heterocycles. The van der Waals surface area contributed by atoms with Crippen molar-refractivity contribution in [1.29, 1.82) is 0 Å². The van der Waals surface area contributed by atoms with Crippen LogP contribution in [0.15, 0.2) is 35.7 Å². The van der Waals surface area contributed by atoms with Crippen molar-refractivity contribution in [2.75, 3.05) is 33.0 Å². The molecule has 2 aromatic rings. The number of hydrogen-bond donors (Lipinski definition) is 1. The summed E-state index contributed by atoms with van der Waals surface area (Å²) in [5, 5.41) is 5.58. The fourth-order valence-corrected chi connectivity index (χ4v) is 3.91. The number of thiophene rings is 1. The van der Waals surface area contributed by atoms with E-state index in [4.69, 9.17) is 9.47 Å². The van der Waals surface area contributed by atoms with Crippen LogP contribution in [-0.2, 0) is 0 Å². The second-order valence-electron chi connectivity index (χ2n) is 5.32. The summed E-state index contributed by atoms with van der Waals surface area (Å²) >= 11 is 1.82. The number of ether oxygens (including phenoxy) is 2. The van der Waals surface area contributed by atoms with Crippen molar-refractivity contribution in [2.45, 2.75) is 6.04 Å². The molecule has 4 rings (SSSR count). The summed E-state index contributed by atoms with van der Waals surface area (Å²) < 4.78 is 11.0. The summed E-state index contributed by atoms with van der Waals surface area (Å²) in [4.78, 5) is 3.93. The average molecular weight is 375 g/mol. The van der Waals surface area contributed by atoms with Crippen LogP contribution >= 0.6 is 36.2 Å². The summed E-state index contributed by atoms with van der Waals surface area (Å²) in [7, 11) is 0. The first-order valence-electron chi connectivity index (χ1n) is 7.29. The van der Waals surface area contributed by atoms with Gasteiger partial charge in [-0.15, -0.1) is 36.2 Å². The van der Waals surface area contributed by atoms with Gasteiger partial charge in [-0.3, -0.25) is 4.90 Å². The molecule has 7 heteroatoms. The molecular formula is C16H20Cl2N2O2S. The fourth-order valence-electron chi connectivity index (χ4n) is 3.03. The van der Waals surface area contributed by atoms with Crippen molar-refractivity contribution >= 4 is 36.2 Å². The molecule has 126 valence electrons. The Morgan fingerprint density at radius 2 is 1.83 bits per heavy atom. The number of halogens is 2. The van der Waals surface area contributed by atoms with Crippen molar-refractivity contribution in [1.82, 2.24) is 10.2 Å². The smallest absolute Gasteiger partial charge is 0.231 e. The highest BCUT2D eigenvalue weighted by atomic mass is 35.5. The van der Waals surface area contributed by atoms with Gasteiger partial charge in [0.25, 0.3) is 0 Å². The number of nitrogens with zero attached hydrogens (tertiary/aromatic N) is 1. The quantitative estimate of drug-likeness (QED) is 0.893. The zero-order valence-corrected chi connectivity index (χ0v) is 15.0. The Balaban J connectivity index is 0.000000960. The summed E-state index contributed by atoms with van der Waals surface area (Å²) in [6.45, 7) is 4.56. The predicted octanol–water partition coefficient (Wildman–Crippen LogP) is 3.32. The minimum Gasteiger partial charge on any atom is -0.454 e. The summed E-state index contributed by atoms with van der Waals surface area (Å²) in [6.07, 6.45) is 0. The van der Waals surface area contributed by atoms with E-state index >= 15 is 0 Å². The lowest BCUT2D eigenvalue weighted by Gasteiger charge is -2.34. The van der Waals surface area contributed by atoms with Gasteiger partial charge in [-0.05, 0) is 29.1 Å². The molecule has 0 unspecified atom stereocenters. The molecule has 1 atom stereocenters. The van der Waals surface area contributed by atoms with Gasteiger partial charge in [-0.2, -0.15) is 0 Å². The molecule has 2 aliphatic rings. The molecule has 0 spiro atoms. The SMILES string of the molecule is Cl.Cl.c1csc([C@H](c2ccc3c(c2)OCO3)N2CCNCC2)c1. The van der Waals surface area contributed by atoms with Gasteiger partial charge in [0, 0.05) is 31.1 Å². The second-order valence-corrected chi connectivity index (χ2v) is 6.30. The summed E-state index contributed by atoms with van der Waals surface area (Å²) in [6, 6.07) is 11.0. The Kier molecular flexibility index (Phi) is 6.56. The van der Waals surface area contributed by atoms with Gasteiger partial charge >= 0.3 is 0 Å². The third-order valence-electron chi connectivity index (χ3n) is 4.04. The summed E-state index contributed by atoms with van der Waals surface area (Å²) in [5.41, 5.74) is 1.28. The minimum atomic E-state index is 0. The molecule has 1 saturated heterocycles. The average Bonchev–Trinajstić information content (AvgIpc) is 3.19. The molecular weight excluding hydrogens is 355 g/mol. The van der Waals surface area contributed by atoms with Crippen LogP contribution in [-0.4, -0.2) is 37.9 Å². The van der Waals surface area contributed by atoms with E-state index in [9.17, 15) is 0 Å². The summed E-state index contributed by atoms with van der Waals surface area (Å²) in [5.74, 6) is 1.72. The number of nitrogens with one attached hydrogen (secondary N) is 1. The lowest BCUT2D eigenvalue weighted by atomic mass is 10.0. The third kappa shape index (κ3) is 3.75. The molecule has 1 N–H and O–H groups in total. The Morgan fingerprint density at radius 3 is 2.57 bits per heavy atom. The highest BCUT2D eigenvalue weighted by molar-refractivity contribution is 7.10. The number of benzene rings is 1. The maximum Gasteiger partial charge on any atom is 0.231 e. The molecule has 1 aromatic carbocycles. The lowest BCUT2D eigenvalue weighted by molar-refractivity contribution is 0.173. The van der Waals surface area contributed by atoms with Crippen molar-refractivity contribution < 1.29 is 9.47 Å². The molecule has 0 saturated carbocycles. The van der Waals surface area contributed by atoms with E-state index < -0.39 is 0 Å². The Morgan fingerprint density at radius 1 is 1.04 bits per heavy atom. The highest BCUT2D eigenvalue weighted by Crippen LogP contribution is 2.38. The number of hydrogen-bond acceptors (Lipinski definition) is 5. The van der Waals surface area contributed by atoms with Crippen molar-refractivity contribution in [2.24, 2.45) is 0 Å². The lowest BCUT2D eigenvalue weighted by Crippen LogP contribution is -2.45. The molecule has 1 aromatic heterocycles. The number of piperazine rings is 1.